The van der Waals surface area contributed by atoms with Crippen molar-refractivity contribution >= 4 is 17.7 Å². The lowest BCUT2D eigenvalue weighted by atomic mass is 10.1. The third-order valence-corrected chi connectivity index (χ3v) is 6.27. The van der Waals surface area contributed by atoms with E-state index in [1.165, 1.54) is 6.33 Å². The second-order valence-electron chi connectivity index (χ2n) is 9.41. The van der Waals surface area contributed by atoms with Crippen LogP contribution in [-0.2, 0) is 22.6 Å². The number of aromatic hydroxyl groups is 1. The van der Waals surface area contributed by atoms with Gasteiger partial charge in [0.2, 0.25) is 11.8 Å². The van der Waals surface area contributed by atoms with Gasteiger partial charge in [-0.1, -0.05) is 18.2 Å². The fourth-order valence-corrected chi connectivity index (χ4v) is 4.33. The molecule has 0 radical (unpaired) electrons. The Bertz CT molecular complexity index is 1250. The van der Waals surface area contributed by atoms with Crippen molar-refractivity contribution in [2.45, 2.75) is 31.8 Å². The summed E-state index contributed by atoms with van der Waals surface area (Å²) in [5.74, 6) is -0.169. The number of ether oxygens (including phenoxy) is 1. The number of nitrogens with one attached hydrogen (secondary N) is 4. The summed E-state index contributed by atoms with van der Waals surface area (Å²) >= 11 is 0. The van der Waals surface area contributed by atoms with Gasteiger partial charge in [-0.3, -0.25) is 19.3 Å². The maximum Gasteiger partial charge on any atom is 0.252 e. The predicted molar refractivity (Wildman–Crippen MR) is 144 cm³/mol. The molecule has 206 valence electrons. The minimum absolute atomic E-state index is 0.139. The number of benzene rings is 2. The zero-order valence-corrected chi connectivity index (χ0v) is 21.7. The van der Waals surface area contributed by atoms with Crippen LogP contribution in [-0.4, -0.2) is 76.5 Å². The van der Waals surface area contributed by atoms with E-state index in [9.17, 15) is 19.5 Å². The van der Waals surface area contributed by atoms with Crippen molar-refractivity contribution < 1.29 is 24.2 Å². The van der Waals surface area contributed by atoms with Crippen LogP contribution in [0.25, 0.3) is 0 Å². The highest BCUT2D eigenvalue weighted by Gasteiger charge is 2.23. The number of H-pyrrole nitrogens is 1. The molecule has 0 spiro atoms. The highest BCUT2D eigenvalue weighted by Crippen LogP contribution is 2.15. The Morgan fingerprint density at radius 3 is 2.72 bits per heavy atom. The standard InChI is InChI=1S/C28H34N6O5/c35-23-7-3-5-20(13-23)17-34-11-2-1-9-31-28(38)25(15-22-16-29-19-32-22)33-27(37)21-6-4-8-24(14-21)39-12-10-30-26(36)18-34/h3-8,13-14,16,19,25,35H,1-2,9-12,15,17-18H2,(H,29,32)(H,30,36)(H,31,38)(H,33,37)/t25-/m0/s1. The largest absolute Gasteiger partial charge is 0.508 e. The fourth-order valence-electron chi connectivity index (χ4n) is 4.33. The van der Waals surface area contributed by atoms with Crippen molar-refractivity contribution in [3.05, 3.63) is 77.9 Å². The number of amides is 3. The highest BCUT2D eigenvalue weighted by molar-refractivity contribution is 5.97. The lowest BCUT2D eigenvalue weighted by molar-refractivity contribution is -0.123. The Morgan fingerprint density at radius 1 is 1.03 bits per heavy atom. The van der Waals surface area contributed by atoms with Crippen LogP contribution in [0.4, 0.5) is 0 Å². The lowest BCUT2D eigenvalue weighted by Crippen LogP contribution is -2.48. The van der Waals surface area contributed by atoms with Gasteiger partial charge in [-0.15, -0.1) is 0 Å². The third-order valence-electron chi connectivity index (χ3n) is 6.27. The summed E-state index contributed by atoms with van der Waals surface area (Å²) in [6, 6.07) is 12.9. The molecule has 1 aliphatic rings. The number of hydrogen-bond acceptors (Lipinski definition) is 7. The van der Waals surface area contributed by atoms with Gasteiger partial charge in [0, 0.05) is 37.0 Å². The van der Waals surface area contributed by atoms with Gasteiger partial charge in [0.25, 0.3) is 5.91 Å². The summed E-state index contributed by atoms with van der Waals surface area (Å²) in [6.45, 7) is 2.26. The van der Waals surface area contributed by atoms with Gasteiger partial charge >= 0.3 is 0 Å². The SMILES string of the molecule is O=C1CN(Cc2cccc(O)c2)CCCCNC(=O)[C@H](Cc2cnc[nH]2)NC(=O)c2cccc(c2)OCCN1. The third kappa shape index (κ3) is 8.85. The molecule has 2 aromatic carbocycles. The lowest BCUT2D eigenvalue weighted by Gasteiger charge is -2.22. The zero-order chi connectivity index (χ0) is 27.5. The molecule has 2 heterocycles. The van der Waals surface area contributed by atoms with Crippen LogP contribution >= 0.6 is 0 Å². The molecule has 0 aliphatic carbocycles. The van der Waals surface area contributed by atoms with Crippen LogP contribution < -0.4 is 20.7 Å². The molecule has 1 atom stereocenters. The Hall–Kier alpha value is -4.38. The normalized spacial score (nSPS) is 18.5. The monoisotopic (exact) mass is 534 g/mol. The molecule has 3 amide bonds. The molecular formula is C28H34N6O5. The molecule has 0 saturated heterocycles. The van der Waals surface area contributed by atoms with Crippen LogP contribution in [0.1, 0.15) is 34.5 Å². The zero-order valence-electron chi connectivity index (χ0n) is 21.7. The van der Waals surface area contributed by atoms with E-state index in [1.807, 2.05) is 11.0 Å². The van der Waals surface area contributed by atoms with E-state index < -0.39 is 11.9 Å². The average molecular weight is 535 g/mol. The number of rotatable bonds is 4. The topological polar surface area (TPSA) is 149 Å². The quantitative estimate of drug-likeness (QED) is 0.339. The molecule has 11 heteroatoms. The van der Waals surface area contributed by atoms with E-state index in [0.29, 0.717) is 43.9 Å². The van der Waals surface area contributed by atoms with Gasteiger partial charge in [-0.05, 0) is 55.3 Å². The molecule has 39 heavy (non-hydrogen) atoms. The number of carbonyl (C=O) groups excluding carboxylic acids is 3. The molecule has 1 aliphatic heterocycles. The number of imidazole rings is 1. The smallest absolute Gasteiger partial charge is 0.252 e. The van der Waals surface area contributed by atoms with Gasteiger partial charge in [-0.25, -0.2) is 4.98 Å². The second-order valence-corrected chi connectivity index (χ2v) is 9.41. The minimum Gasteiger partial charge on any atom is -0.508 e. The van der Waals surface area contributed by atoms with Crippen LogP contribution in [0.2, 0.25) is 0 Å². The Labute approximate surface area is 227 Å². The van der Waals surface area contributed by atoms with E-state index in [1.54, 1.807) is 48.7 Å². The Balaban J connectivity index is 1.46. The number of nitrogens with zero attached hydrogens (tertiary/aromatic N) is 2. The molecule has 0 saturated carbocycles. The highest BCUT2D eigenvalue weighted by atomic mass is 16.5. The first-order chi connectivity index (χ1) is 19.0. The number of phenols is 1. The van der Waals surface area contributed by atoms with Crippen LogP contribution in [0.3, 0.4) is 0 Å². The molecule has 4 rings (SSSR count). The first-order valence-electron chi connectivity index (χ1n) is 13.0. The minimum atomic E-state index is -0.798. The number of aromatic amines is 1. The summed E-state index contributed by atoms with van der Waals surface area (Å²) in [4.78, 5) is 47.7. The molecule has 1 aromatic heterocycles. The van der Waals surface area contributed by atoms with Crippen molar-refractivity contribution in [2.75, 3.05) is 32.8 Å². The van der Waals surface area contributed by atoms with E-state index in [4.69, 9.17) is 4.74 Å². The van der Waals surface area contributed by atoms with Crippen LogP contribution in [0, 0.1) is 0 Å². The average Bonchev–Trinajstić information content (AvgIpc) is 3.43. The summed E-state index contributed by atoms with van der Waals surface area (Å²) in [6.07, 6.45) is 4.84. The van der Waals surface area contributed by atoms with Gasteiger partial charge in [0.05, 0.1) is 19.4 Å². The van der Waals surface area contributed by atoms with Gasteiger partial charge in [0.1, 0.15) is 24.1 Å². The molecule has 11 nitrogen and oxygen atoms in total. The maximum atomic E-state index is 13.1. The van der Waals surface area contributed by atoms with Gasteiger partial charge in [-0.2, -0.15) is 0 Å². The summed E-state index contributed by atoms with van der Waals surface area (Å²) in [7, 11) is 0. The molecule has 2 bridgehead atoms. The Kier molecular flexibility index (Phi) is 9.90. The van der Waals surface area contributed by atoms with Crippen molar-refractivity contribution in [1.82, 2.24) is 30.8 Å². The van der Waals surface area contributed by atoms with Gasteiger partial charge < -0.3 is 30.8 Å². The number of hydrogen-bond donors (Lipinski definition) is 5. The molecule has 0 fully saturated rings. The molecular weight excluding hydrogens is 500 g/mol. The second kappa shape index (κ2) is 14.0. The van der Waals surface area contributed by atoms with Crippen molar-refractivity contribution in [2.24, 2.45) is 0 Å². The number of carbonyl (C=O) groups is 3. The van der Waals surface area contributed by atoms with Crippen molar-refractivity contribution in [3.8, 4) is 11.5 Å². The number of phenolic OH excluding ortho intramolecular Hbond substituents is 1. The molecule has 3 aromatic rings. The Morgan fingerprint density at radius 2 is 1.90 bits per heavy atom. The number of aromatic nitrogens is 2. The maximum absolute atomic E-state index is 13.1. The summed E-state index contributed by atoms with van der Waals surface area (Å²) in [5.41, 5.74) is 1.99. The summed E-state index contributed by atoms with van der Waals surface area (Å²) < 4.78 is 5.75. The molecule has 0 unspecified atom stereocenters. The van der Waals surface area contributed by atoms with Gasteiger partial charge in [0.15, 0.2) is 0 Å². The molecule has 5 N–H and O–H groups in total. The van der Waals surface area contributed by atoms with Crippen molar-refractivity contribution in [3.63, 3.8) is 0 Å². The van der Waals surface area contributed by atoms with Crippen molar-refractivity contribution in [1.29, 1.82) is 0 Å². The van der Waals surface area contributed by atoms with E-state index in [-0.39, 0.29) is 37.1 Å². The van der Waals surface area contributed by atoms with E-state index in [0.717, 1.165) is 17.7 Å². The van der Waals surface area contributed by atoms with Crippen LogP contribution in [0.5, 0.6) is 11.5 Å². The van der Waals surface area contributed by atoms with E-state index >= 15 is 0 Å². The first-order valence-corrected chi connectivity index (χ1v) is 13.0. The predicted octanol–water partition coefficient (Wildman–Crippen LogP) is 1.36. The fraction of sp³-hybridized carbons (Fsp3) is 0.357. The van der Waals surface area contributed by atoms with E-state index in [2.05, 4.69) is 25.9 Å². The first kappa shape index (κ1) is 27.6. The van der Waals surface area contributed by atoms with Crippen LogP contribution in [0.15, 0.2) is 61.1 Å². The number of fused-ring (bicyclic) bond motifs is 2. The summed E-state index contributed by atoms with van der Waals surface area (Å²) in [5, 5.41) is 18.5.